The fraction of sp³-hybridized carbons (Fsp3) is 1.00. The van der Waals surface area contributed by atoms with Gasteiger partial charge in [0.15, 0.2) is 0 Å². The number of fused-ring (bicyclic) bond motifs is 1. The molecule has 0 bridgehead atoms. The lowest BCUT2D eigenvalue weighted by atomic mass is 9.80. The van der Waals surface area contributed by atoms with Crippen molar-refractivity contribution in [2.45, 2.75) is 38.7 Å². The maximum atomic E-state index is 5.66. The van der Waals surface area contributed by atoms with Crippen LogP contribution < -0.4 is 0 Å². The molecule has 2 atom stereocenters. The molecule has 0 amide bonds. The molecule has 2 unspecified atom stereocenters. The lowest BCUT2D eigenvalue weighted by Gasteiger charge is -2.40. The zero-order chi connectivity index (χ0) is 9.97. The second-order valence-corrected chi connectivity index (χ2v) is 3.69. The van der Waals surface area contributed by atoms with Crippen LogP contribution in [0.1, 0.15) is 13.8 Å². The van der Waals surface area contributed by atoms with Crippen LogP contribution in [0.3, 0.4) is 0 Å². The van der Waals surface area contributed by atoms with Crippen LogP contribution in [0.25, 0.3) is 0 Å². The lowest BCUT2D eigenvalue weighted by Crippen LogP contribution is -2.55. The predicted molar refractivity (Wildman–Crippen MR) is 54.1 cm³/mol. The molecule has 78 valence electrons. The van der Waals surface area contributed by atoms with E-state index in [2.05, 4.69) is 0 Å². The molecule has 6 heteroatoms. The molecule has 0 aromatic heterocycles. The van der Waals surface area contributed by atoms with Crippen LogP contribution in [-0.4, -0.2) is 39.7 Å². The van der Waals surface area contributed by atoms with E-state index < -0.39 is 0 Å². The highest BCUT2D eigenvalue weighted by atomic mass is 16.7. The van der Waals surface area contributed by atoms with E-state index in [9.17, 15) is 0 Å². The van der Waals surface area contributed by atoms with Gasteiger partial charge in [0, 0.05) is 0 Å². The first-order valence-electron chi connectivity index (χ1n) is 5.37. The quantitative estimate of drug-likeness (QED) is 0.615. The Morgan fingerprint density at radius 3 is 1.71 bits per heavy atom. The molecule has 2 aliphatic rings. The fourth-order valence-corrected chi connectivity index (χ4v) is 1.77. The van der Waals surface area contributed by atoms with Crippen LogP contribution in [0, 0.1) is 0 Å². The van der Waals surface area contributed by atoms with Crippen molar-refractivity contribution in [3.05, 3.63) is 0 Å². The highest BCUT2D eigenvalue weighted by molar-refractivity contribution is 6.45. The molecule has 4 nitrogen and oxygen atoms in total. The summed E-state index contributed by atoms with van der Waals surface area (Å²) in [6, 6.07) is 0. The standard InChI is InChI=1S/C8H16B2O4/c1-3-9-11-5-8-7(13-9)6-12-10(4-2)14-8/h7-8H,3-6H2,1-2H3. The summed E-state index contributed by atoms with van der Waals surface area (Å²) in [4.78, 5) is 0. The predicted octanol–water partition coefficient (Wildman–Crippen LogP) is 0.833. The van der Waals surface area contributed by atoms with Gasteiger partial charge < -0.3 is 18.6 Å². The van der Waals surface area contributed by atoms with Crippen molar-refractivity contribution in [2.24, 2.45) is 0 Å². The maximum absolute atomic E-state index is 5.66. The van der Waals surface area contributed by atoms with E-state index in [1.165, 1.54) is 0 Å². The Labute approximate surface area is 85.5 Å². The molecule has 0 aromatic rings. The third-order valence-electron chi connectivity index (χ3n) is 2.63. The average Bonchev–Trinajstić information content (AvgIpc) is 2.27. The highest BCUT2D eigenvalue weighted by Crippen LogP contribution is 2.22. The SMILES string of the molecule is CCB1OCC2OB(CC)OCC2O1. The maximum Gasteiger partial charge on any atom is 0.457 e. The lowest BCUT2D eigenvalue weighted by molar-refractivity contribution is -0.0939. The van der Waals surface area contributed by atoms with E-state index in [1.54, 1.807) is 0 Å². The molecule has 0 radical (unpaired) electrons. The Kier molecular flexibility index (Phi) is 3.49. The summed E-state index contributed by atoms with van der Waals surface area (Å²) in [5, 5.41) is 0. The van der Waals surface area contributed by atoms with Crippen LogP contribution in [0.2, 0.25) is 12.6 Å². The van der Waals surface area contributed by atoms with Gasteiger partial charge >= 0.3 is 14.2 Å². The van der Waals surface area contributed by atoms with Crippen molar-refractivity contribution < 1.29 is 18.6 Å². The Morgan fingerprint density at radius 1 is 0.929 bits per heavy atom. The van der Waals surface area contributed by atoms with Gasteiger partial charge in [0.05, 0.1) is 25.4 Å². The van der Waals surface area contributed by atoms with E-state index in [0.29, 0.717) is 13.2 Å². The van der Waals surface area contributed by atoms with Gasteiger partial charge in [-0.05, 0) is 12.6 Å². The molecule has 2 saturated heterocycles. The Morgan fingerprint density at radius 2 is 1.36 bits per heavy atom. The van der Waals surface area contributed by atoms with Crippen LogP contribution in [0.4, 0.5) is 0 Å². The minimum absolute atomic E-state index is 0.0523. The minimum atomic E-state index is -0.0818. The number of hydrogen-bond donors (Lipinski definition) is 0. The topological polar surface area (TPSA) is 36.9 Å². The first-order valence-corrected chi connectivity index (χ1v) is 5.37. The van der Waals surface area contributed by atoms with E-state index in [-0.39, 0.29) is 26.4 Å². The third kappa shape index (κ3) is 2.14. The first-order chi connectivity index (χ1) is 6.83. The highest BCUT2D eigenvalue weighted by Gasteiger charge is 2.40. The van der Waals surface area contributed by atoms with Gasteiger partial charge in [-0.25, -0.2) is 0 Å². The molecule has 0 N–H and O–H groups in total. The minimum Gasteiger partial charge on any atom is -0.408 e. The second-order valence-electron chi connectivity index (χ2n) is 3.69. The molecule has 0 spiro atoms. The molecule has 2 fully saturated rings. The Bertz CT molecular complexity index is 172. The monoisotopic (exact) mass is 198 g/mol. The van der Waals surface area contributed by atoms with E-state index in [0.717, 1.165) is 12.6 Å². The van der Waals surface area contributed by atoms with Crippen molar-refractivity contribution in [3.63, 3.8) is 0 Å². The molecule has 2 heterocycles. The Hall–Kier alpha value is -0.0301. The van der Waals surface area contributed by atoms with Crippen molar-refractivity contribution in [2.75, 3.05) is 13.2 Å². The largest absolute Gasteiger partial charge is 0.457 e. The molecule has 0 saturated carbocycles. The van der Waals surface area contributed by atoms with Crippen molar-refractivity contribution in [1.82, 2.24) is 0 Å². The van der Waals surface area contributed by atoms with Crippen LogP contribution in [-0.2, 0) is 18.6 Å². The van der Waals surface area contributed by atoms with Gasteiger partial charge in [-0.15, -0.1) is 0 Å². The summed E-state index contributed by atoms with van der Waals surface area (Å²) >= 11 is 0. The molecular formula is C8H16B2O4. The summed E-state index contributed by atoms with van der Waals surface area (Å²) in [6.45, 7) is 5.35. The fourth-order valence-electron chi connectivity index (χ4n) is 1.77. The van der Waals surface area contributed by atoms with Crippen molar-refractivity contribution >= 4 is 14.2 Å². The average molecular weight is 198 g/mol. The van der Waals surface area contributed by atoms with Gasteiger partial charge in [-0.2, -0.15) is 0 Å². The van der Waals surface area contributed by atoms with Gasteiger partial charge in [-0.1, -0.05) is 13.8 Å². The number of rotatable bonds is 2. The summed E-state index contributed by atoms with van der Waals surface area (Å²) < 4.78 is 22.3. The van der Waals surface area contributed by atoms with E-state index in [1.807, 2.05) is 13.8 Å². The molecule has 2 rings (SSSR count). The van der Waals surface area contributed by atoms with Gasteiger partial charge in [0.2, 0.25) is 0 Å². The normalized spacial score (nSPS) is 33.0. The summed E-state index contributed by atoms with van der Waals surface area (Å²) in [5.74, 6) is 0. The molecule has 0 aromatic carbocycles. The van der Waals surface area contributed by atoms with E-state index in [4.69, 9.17) is 18.6 Å². The summed E-state index contributed by atoms with van der Waals surface area (Å²) in [5.41, 5.74) is 0. The summed E-state index contributed by atoms with van der Waals surface area (Å²) in [7, 11) is -0.164. The van der Waals surface area contributed by atoms with Crippen LogP contribution >= 0.6 is 0 Å². The molecular weight excluding hydrogens is 182 g/mol. The van der Waals surface area contributed by atoms with Crippen LogP contribution in [0.15, 0.2) is 0 Å². The van der Waals surface area contributed by atoms with E-state index >= 15 is 0 Å². The van der Waals surface area contributed by atoms with Crippen LogP contribution in [0.5, 0.6) is 0 Å². The smallest absolute Gasteiger partial charge is 0.408 e. The van der Waals surface area contributed by atoms with Gasteiger partial charge in [-0.3, -0.25) is 0 Å². The molecule has 14 heavy (non-hydrogen) atoms. The second kappa shape index (κ2) is 4.66. The molecule has 0 aliphatic carbocycles. The Balaban J connectivity index is 1.88. The van der Waals surface area contributed by atoms with Gasteiger partial charge in [0.1, 0.15) is 0 Å². The van der Waals surface area contributed by atoms with Crippen molar-refractivity contribution in [3.8, 4) is 0 Å². The van der Waals surface area contributed by atoms with Crippen molar-refractivity contribution in [1.29, 1.82) is 0 Å². The number of hydrogen-bond acceptors (Lipinski definition) is 4. The van der Waals surface area contributed by atoms with Gasteiger partial charge in [0.25, 0.3) is 0 Å². The zero-order valence-electron chi connectivity index (χ0n) is 8.77. The third-order valence-corrected chi connectivity index (χ3v) is 2.63. The zero-order valence-corrected chi connectivity index (χ0v) is 8.77. The first kappa shape index (κ1) is 10.5. The molecule has 2 aliphatic heterocycles. The summed E-state index contributed by atoms with van der Waals surface area (Å²) in [6.07, 6.45) is 1.86.